The predicted octanol–water partition coefficient (Wildman–Crippen LogP) is 17.5. The van der Waals surface area contributed by atoms with Crippen molar-refractivity contribution in [2.45, 2.75) is 204 Å². The Morgan fingerprint density at radius 3 is 0.676 bits per heavy atom. The molecule has 0 saturated heterocycles. The minimum absolute atomic E-state index is 0.0364. The van der Waals surface area contributed by atoms with Crippen LogP contribution in [-0.2, 0) is 58.2 Å². The minimum Gasteiger partial charge on any atom is -0.444 e. The highest BCUT2D eigenvalue weighted by molar-refractivity contribution is 6.28. The molecule has 0 spiro atoms. The van der Waals surface area contributed by atoms with Crippen molar-refractivity contribution in [2.75, 3.05) is 200 Å². The third-order valence-corrected chi connectivity index (χ3v) is 21.2. The van der Waals surface area contributed by atoms with E-state index < -0.39 is 11.7 Å². The fourth-order valence-corrected chi connectivity index (χ4v) is 13.5. The molecule has 0 aliphatic rings. The summed E-state index contributed by atoms with van der Waals surface area (Å²) in [5.74, 6) is 7.75. The lowest BCUT2D eigenvalue weighted by Crippen LogP contribution is -2.34. The summed E-state index contributed by atoms with van der Waals surface area (Å²) >= 11 is 6.68. The summed E-state index contributed by atoms with van der Waals surface area (Å²) in [5, 5.41) is 66.4. The van der Waals surface area contributed by atoms with E-state index in [-0.39, 0.29) is 47.5 Å². The Morgan fingerprint density at radius 1 is 0.234 bits per heavy atom. The van der Waals surface area contributed by atoms with Crippen LogP contribution >= 0.6 is 11.6 Å². The van der Waals surface area contributed by atoms with Gasteiger partial charge in [-0.3, -0.25) is 0 Å². The van der Waals surface area contributed by atoms with Gasteiger partial charge in [0.1, 0.15) is 5.60 Å². The topological polar surface area (TPSA) is 565 Å². The number of halogens is 1. The summed E-state index contributed by atoms with van der Waals surface area (Å²) in [6, 6.07) is 39.3. The molecule has 47 heteroatoms. The number of nitrogens with one attached hydrogen (secondary N) is 20. The number of hydrogen-bond donors (Lipinski definition) is 20. The molecule has 145 heavy (non-hydrogen) atoms. The van der Waals surface area contributed by atoms with Gasteiger partial charge in [-0.2, -0.15) is 99.7 Å². The molecule has 0 atom stereocenters. The molecule has 0 saturated carbocycles. The highest BCUT2D eigenvalue weighted by Crippen LogP contribution is 2.28. The maximum atomic E-state index is 11.9. The number of unbranched alkanes of at least 4 members (excludes halogenated alkanes) is 7. The van der Waals surface area contributed by atoms with E-state index in [1.807, 2.05) is 142 Å². The average Bonchev–Trinajstić information content (AvgIpc) is 0.821. The van der Waals surface area contributed by atoms with Crippen molar-refractivity contribution < 1.29 is 23.7 Å². The van der Waals surface area contributed by atoms with E-state index in [0.29, 0.717) is 181 Å². The molecule has 774 valence electrons. The Bertz CT molecular complexity index is 5610. The molecule has 0 unspecified atom stereocenters. The summed E-state index contributed by atoms with van der Waals surface area (Å²) in [6.45, 7) is 30.9. The molecular weight excluding hydrogens is 1870 g/mol. The van der Waals surface area contributed by atoms with Gasteiger partial charge < -0.3 is 125 Å². The van der Waals surface area contributed by atoms with Crippen molar-refractivity contribution in [3.05, 3.63) is 160 Å². The third kappa shape index (κ3) is 41.0. The smallest absolute Gasteiger partial charge is 0.407 e. The first-order valence-electron chi connectivity index (χ1n) is 50.2. The number of carbonyl (C=O) groups excluding carboxylic acids is 1. The number of rotatable bonds is 69. The number of alkyl carbamates (subject to hydrolysis) is 1. The van der Waals surface area contributed by atoms with Crippen LogP contribution in [0.3, 0.4) is 0 Å². The molecule has 0 aliphatic carbocycles. The number of anilines is 24. The molecule has 12 aromatic rings. The molecule has 7 aromatic heterocycles. The number of benzene rings is 5. The first kappa shape index (κ1) is 109. The van der Waals surface area contributed by atoms with E-state index in [2.05, 4.69) is 225 Å². The van der Waals surface area contributed by atoms with Crippen molar-refractivity contribution in [3.8, 4) is 0 Å². The Labute approximate surface area is 852 Å². The standard InChI is InChI=1S/C98H140ClN41O5/c1-11-18-45-100-78-123-79(101-46-19-12-2)128-86(127-78)109-60-66-27-37-72(38-28-66)116-93-135-90(136-94(139-93)117-73-39-29-69(30-40-73)63-112-89-133-84(106-51-24-17-7)126-85(134-89)107-52-54-142-56-58-144-59-57-143-55-53-108-97(141)145-98(8,9)10)113-64-70-25-35-71(36-26-70)115-92-121-76(120-77(99)122-92)65-114-91-137-95(118-74-41-31-67(32-42-74)61-110-87-129-80(102-47-20-13-3)124-81(130-87)103-48-21-14-4)140-96(138-91)119-75-43-33-68(34-44-75)62-111-88-131-82(104-49-22-15-5)125-83(132-88)105-50-23-16-6/h25-44H,11-24,45-65H2,1-10H3,(H,108,141)(H,115,120,121,122)(H3,100,101,109,123,127,128)(H3,102,103,110,124,129,130)(H3,104,105,111,125,131,132)(H3,106,107,112,126,133,134)(H3,113,116,117,135,136,139)(H3,114,118,119,137,138,140). The summed E-state index contributed by atoms with van der Waals surface area (Å²) in [5.41, 5.74) is 7.81. The Morgan fingerprint density at radius 2 is 0.434 bits per heavy atom. The first-order valence-corrected chi connectivity index (χ1v) is 50.5. The lowest BCUT2D eigenvalue weighted by atomic mass is 10.2. The number of aromatic nitrogens is 21. The van der Waals surface area contributed by atoms with Crippen molar-refractivity contribution in [2.24, 2.45) is 0 Å². The van der Waals surface area contributed by atoms with Crippen LogP contribution in [0.1, 0.15) is 193 Å². The molecule has 1 amide bonds. The van der Waals surface area contributed by atoms with Crippen LogP contribution in [0.25, 0.3) is 0 Å². The zero-order chi connectivity index (χ0) is 102. The van der Waals surface area contributed by atoms with Crippen LogP contribution in [0.15, 0.2) is 121 Å². The van der Waals surface area contributed by atoms with Crippen LogP contribution < -0.4 is 106 Å². The highest BCUT2D eigenvalue weighted by Gasteiger charge is 2.20. The SMILES string of the molecule is CCCCNc1nc(NCCCC)nc(NCc2ccc(Nc3nc(NCc4ccc(Nc5nc(Cl)nc(CNc6nc(Nc7ccc(CNc8nc(NCCCC)nc(NCCCC)n8)cc7)nc(Nc7ccc(CNc8nc(NCCCC)nc(NCCCC)n8)cc7)n6)n5)cc4)nc(Nc4ccc(CNc5nc(NCCCC)nc(NCCOCCOCCOCCNC(=O)OC(C)(C)C)n5)cc4)n3)cc2)n1. The second kappa shape index (κ2) is 60.3. The molecule has 0 aliphatic heterocycles. The van der Waals surface area contributed by atoms with Gasteiger partial charge in [0.15, 0.2) is 5.82 Å². The zero-order valence-electron chi connectivity index (χ0n) is 84.6. The highest BCUT2D eigenvalue weighted by atomic mass is 35.5. The van der Waals surface area contributed by atoms with Gasteiger partial charge in [-0.15, -0.1) is 0 Å². The van der Waals surface area contributed by atoms with Crippen molar-refractivity contribution in [3.63, 3.8) is 0 Å². The summed E-state index contributed by atoms with van der Waals surface area (Å²) in [7, 11) is 0. The Kier molecular flexibility index (Phi) is 45.2. The zero-order valence-corrected chi connectivity index (χ0v) is 85.4. The van der Waals surface area contributed by atoms with Crippen LogP contribution in [-0.4, -0.2) is 215 Å². The van der Waals surface area contributed by atoms with Gasteiger partial charge in [-0.25, -0.2) is 9.78 Å². The molecule has 7 heterocycles. The molecule has 46 nitrogen and oxygen atoms in total. The molecule has 20 N–H and O–H groups in total. The largest absolute Gasteiger partial charge is 0.444 e. The summed E-state index contributed by atoms with van der Waals surface area (Å²) in [6.07, 6.45) is 13.7. The molecule has 12 rings (SSSR count). The van der Waals surface area contributed by atoms with Crippen molar-refractivity contribution in [1.82, 2.24) is 110 Å². The fourth-order valence-electron chi connectivity index (χ4n) is 13.3. The lowest BCUT2D eigenvalue weighted by molar-refractivity contribution is 0.0157. The van der Waals surface area contributed by atoms with E-state index >= 15 is 0 Å². The van der Waals surface area contributed by atoms with Gasteiger partial charge in [0, 0.05) is 120 Å². The summed E-state index contributed by atoms with van der Waals surface area (Å²) < 4.78 is 22.3. The maximum absolute atomic E-state index is 11.9. The van der Waals surface area contributed by atoms with Crippen LogP contribution in [0.2, 0.25) is 5.28 Å². The molecule has 5 aromatic carbocycles. The van der Waals surface area contributed by atoms with Crippen molar-refractivity contribution >= 4 is 159 Å². The fraction of sp³-hybridized carbons (Fsp3) is 0.469. The lowest BCUT2D eigenvalue weighted by Gasteiger charge is -2.19. The molecule has 0 radical (unpaired) electrons. The van der Waals surface area contributed by atoms with Gasteiger partial charge >= 0.3 is 6.09 Å². The van der Waals surface area contributed by atoms with Gasteiger partial charge in [0.05, 0.1) is 46.2 Å². The van der Waals surface area contributed by atoms with Gasteiger partial charge in [0.2, 0.25) is 118 Å². The van der Waals surface area contributed by atoms with Gasteiger partial charge in [-0.05, 0) is 166 Å². The third-order valence-electron chi connectivity index (χ3n) is 21.1. The van der Waals surface area contributed by atoms with Crippen LogP contribution in [0, 0.1) is 0 Å². The van der Waals surface area contributed by atoms with Crippen molar-refractivity contribution in [1.29, 1.82) is 0 Å². The van der Waals surface area contributed by atoms with E-state index in [0.717, 1.165) is 180 Å². The maximum Gasteiger partial charge on any atom is 0.407 e. The normalized spacial score (nSPS) is 11.1. The second-order valence-corrected chi connectivity index (χ2v) is 34.9. The van der Waals surface area contributed by atoms with Crippen LogP contribution in [0.5, 0.6) is 0 Å². The van der Waals surface area contributed by atoms with E-state index in [1.165, 1.54) is 0 Å². The summed E-state index contributed by atoms with van der Waals surface area (Å²) in [4.78, 5) is 110. The minimum atomic E-state index is -0.565. The molecule has 0 fully saturated rings. The predicted molar refractivity (Wildman–Crippen MR) is 575 cm³/mol. The quantitative estimate of drug-likeness (QED) is 0.0157. The van der Waals surface area contributed by atoms with E-state index in [1.54, 1.807) is 0 Å². The monoisotopic (exact) mass is 2010 g/mol. The number of nitrogens with zero attached hydrogens (tertiary/aromatic N) is 21. The van der Waals surface area contributed by atoms with Gasteiger partial charge in [0.25, 0.3) is 0 Å². The molecule has 0 bridgehead atoms. The first-order chi connectivity index (χ1) is 70.8. The van der Waals surface area contributed by atoms with E-state index in [9.17, 15) is 4.79 Å². The van der Waals surface area contributed by atoms with Crippen LogP contribution in [0.4, 0.5) is 146 Å². The molecular formula is C98H140ClN41O5. The number of ether oxygens (including phenoxy) is 4. The van der Waals surface area contributed by atoms with E-state index in [4.69, 9.17) is 65.4 Å². The average molecular weight is 2010 g/mol. The Balaban J connectivity index is 0.698. The number of hydrogen-bond acceptors (Lipinski definition) is 45. The second-order valence-electron chi connectivity index (χ2n) is 34.6. The number of amides is 1. The van der Waals surface area contributed by atoms with Gasteiger partial charge in [-0.1, -0.05) is 154 Å². The Hall–Kier alpha value is -15.2. The number of carbonyl (C=O) groups is 1.